The molecule has 1 aliphatic rings. The topological polar surface area (TPSA) is 97.0 Å². The lowest BCUT2D eigenvalue weighted by molar-refractivity contribution is -0.141. The van der Waals surface area contributed by atoms with E-state index in [0.717, 1.165) is 49.7 Å². The third-order valence-electron chi connectivity index (χ3n) is 5.56. The van der Waals surface area contributed by atoms with Gasteiger partial charge >= 0.3 is 12.1 Å². The molecule has 2 heterocycles. The minimum Gasteiger partial charge on any atom is -0.465 e. The minimum atomic E-state index is -4.68. The summed E-state index contributed by atoms with van der Waals surface area (Å²) in [5, 5.41) is 2.48. The van der Waals surface area contributed by atoms with Crippen LogP contribution in [0, 0.1) is 0 Å². The molecule has 10 heteroatoms. The number of fused-ring (bicyclic) bond motifs is 1. The average Bonchev–Trinajstić information content (AvgIpc) is 3.21. The first-order valence-corrected chi connectivity index (χ1v) is 10.2. The molecule has 0 bridgehead atoms. The van der Waals surface area contributed by atoms with Crippen molar-refractivity contribution in [2.75, 3.05) is 12.4 Å². The number of nitrogens with zero attached hydrogens (tertiary/aromatic N) is 2. The highest BCUT2D eigenvalue weighted by Gasteiger charge is 2.33. The van der Waals surface area contributed by atoms with E-state index in [1.165, 1.54) is 25.7 Å². The third-order valence-corrected chi connectivity index (χ3v) is 5.56. The van der Waals surface area contributed by atoms with Crippen molar-refractivity contribution < 1.29 is 27.5 Å². The largest absolute Gasteiger partial charge is 0.465 e. The number of ether oxygens (including phenoxy) is 1. The molecule has 1 saturated carbocycles. The van der Waals surface area contributed by atoms with Crippen molar-refractivity contribution in [1.29, 1.82) is 0 Å². The average molecular weight is 446 g/mol. The number of hydrogen-bond donors (Lipinski definition) is 2. The van der Waals surface area contributed by atoms with Gasteiger partial charge in [-0.1, -0.05) is 25.3 Å². The van der Waals surface area contributed by atoms with Crippen molar-refractivity contribution >= 4 is 28.6 Å². The van der Waals surface area contributed by atoms with Crippen LogP contribution in [0.3, 0.4) is 0 Å². The Morgan fingerprint density at radius 1 is 1.12 bits per heavy atom. The van der Waals surface area contributed by atoms with E-state index in [2.05, 4.69) is 20.3 Å². The molecule has 1 aromatic carbocycles. The molecule has 0 spiro atoms. The highest BCUT2D eigenvalue weighted by molar-refractivity contribution is 6.09. The predicted molar refractivity (Wildman–Crippen MR) is 110 cm³/mol. The Morgan fingerprint density at radius 2 is 1.88 bits per heavy atom. The van der Waals surface area contributed by atoms with Crippen molar-refractivity contribution in [3.63, 3.8) is 0 Å². The van der Waals surface area contributed by atoms with Gasteiger partial charge in [-0.3, -0.25) is 4.79 Å². The number of nitrogens with one attached hydrogen (secondary N) is 2. The van der Waals surface area contributed by atoms with Crippen LogP contribution in [-0.4, -0.2) is 33.9 Å². The van der Waals surface area contributed by atoms with Gasteiger partial charge in [-0.15, -0.1) is 0 Å². The summed E-state index contributed by atoms with van der Waals surface area (Å²) < 4.78 is 43.6. The van der Waals surface area contributed by atoms with E-state index in [-0.39, 0.29) is 11.3 Å². The van der Waals surface area contributed by atoms with Crippen LogP contribution in [0.2, 0.25) is 0 Å². The molecule has 0 aliphatic heterocycles. The predicted octanol–water partition coefficient (Wildman–Crippen LogP) is 5.06. The number of halogens is 3. The second kappa shape index (κ2) is 8.60. The van der Waals surface area contributed by atoms with Crippen molar-refractivity contribution in [3.8, 4) is 0 Å². The molecule has 0 atom stereocenters. The highest BCUT2D eigenvalue weighted by Crippen LogP contribution is 2.33. The third kappa shape index (κ3) is 4.44. The Hall–Kier alpha value is -3.43. The Kier molecular flexibility index (Phi) is 5.86. The Labute approximate surface area is 181 Å². The zero-order chi connectivity index (χ0) is 22.9. The molecule has 0 saturated heterocycles. The minimum absolute atomic E-state index is 0.0548. The van der Waals surface area contributed by atoms with Gasteiger partial charge in [0.15, 0.2) is 0 Å². The summed E-state index contributed by atoms with van der Waals surface area (Å²) in [5.74, 6) is -0.472. The van der Waals surface area contributed by atoms with Crippen LogP contribution in [0.5, 0.6) is 0 Å². The fourth-order valence-corrected chi connectivity index (χ4v) is 3.93. The lowest BCUT2D eigenvalue weighted by atomic mass is 9.89. The van der Waals surface area contributed by atoms with Crippen LogP contribution in [0.4, 0.5) is 18.9 Å². The maximum absolute atomic E-state index is 12.9. The summed E-state index contributed by atoms with van der Waals surface area (Å²) in [6.45, 7) is 0. The zero-order valence-electron chi connectivity index (χ0n) is 17.3. The van der Waals surface area contributed by atoms with Gasteiger partial charge in [-0.2, -0.15) is 13.2 Å². The van der Waals surface area contributed by atoms with Crippen molar-refractivity contribution in [3.05, 3.63) is 53.1 Å². The van der Waals surface area contributed by atoms with Crippen LogP contribution in [-0.2, 0) is 10.9 Å². The summed E-state index contributed by atoms with van der Waals surface area (Å²) in [4.78, 5) is 36.2. The molecule has 4 rings (SSSR count). The number of amides is 1. The fourth-order valence-electron chi connectivity index (χ4n) is 3.93. The molecule has 2 aromatic heterocycles. The van der Waals surface area contributed by atoms with Crippen LogP contribution < -0.4 is 5.32 Å². The molecular formula is C22H21F3N4O3. The number of pyridine rings is 1. The van der Waals surface area contributed by atoms with Crippen LogP contribution in [0.1, 0.15) is 70.4 Å². The molecule has 168 valence electrons. The number of rotatable bonds is 4. The van der Waals surface area contributed by atoms with E-state index < -0.39 is 29.4 Å². The molecular weight excluding hydrogens is 425 g/mol. The Morgan fingerprint density at radius 3 is 2.56 bits per heavy atom. The van der Waals surface area contributed by atoms with Crippen LogP contribution in [0.25, 0.3) is 11.0 Å². The van der Waals surface area contributed by atoms with Gasteiger partial charge in [0.25, 0.3) is 5.91 Å². The van der Waals surface area contributed by atoms with Gasteiger partial charge in [0.1, 0.15) is 17.2 Å². The lowest BCUT2D eigenvalue weighted by Crippen LogP contribution is -2.18. The number of anilines is 1. The van der Waals surface area contributed by atoms with Crippen molar-refractivity contribution in [1.82, 2.24) is 15.0 Å². The number of imidazole rings is 1. The number of alkyl halides is 3. The quantitative estimate of drug-likeness (QED) is 0.546. The zero-order valence-corrected chi connectivity index (χ0v) is 17.3. The van der Waals surface area contributed by atoms with E-state index in [0.29, 0.717) is 17.0 Å². The van der Waals surface area contributed by atoms with E-state index >= 15 is 0 Å². The molecule has 32 heavy (non-hydrogen) atoms. The monoisotopic (exact) mass is 446 g/mol. The molecule has 0 unspecified atom stereocenters. The van der Waals surface area contributed by atoms with Gasteiger partial charge in [0, 0.05) is 5.92 Å². The highest BCUT2D eigenvalue weighted by atomic mass is 19.4. The van der Waals surface area contributed by atoms with E-state index in [1.807, 2.05) is 0 Å². The fraction of sp³-hybridized carbons (Fsp3) is 0.364. The number of aromatic nitrogens is 3. The van der Waals surface area contributed by atoms with Gasteiger partial charge in [0.2, 0.25) is 0 Å². The summed E-state index contributed by atoms with van der Waals surface area (Å²) in [5.41, 5.74) is -0.333. The van der Waals surface area contributed by atoms with E-state index in [1.54, 1.807) is 0 Å². The summed E-state index contributed by atoms with van der Waals surface area (Å²) >= 11 is 0. The van der Waals surface area contributed by atoms with Gasteiger partial charge < -0.3 is 15.0 Å². The van der Waals surface area contributed by atoms with Crippen molar-refractivity contribution in [2.45, 2.75) is 44.2 Å². The maximum Gasteiger partial charge on any atom is 0.433 e. The maximum atomic E-state index is 12.9. The van der Waals surface area contributed by atoms with Gasteiger partial charge in [-0.05, 0) is 37.1 Å². The summed E-state index contributed by atoms with van der Waals surface area (Å²) in [7, 11) is 1.20. The van der Waals surface area contributed by atoms with E-state index in [4.69, 9.17) is 4.74 Å². The second-order valence-corrected chi connectivity index (χ2v) is 7.72. The smallest absolute Gasteiger partial charge is 0.433 e. The SMILES string of the molecule is COC(=O)c1cc2[nH]c(C3CCCCC3)nc2cc1NC(=O)c1cccc(C(F)(F)F)n1. The second-order valence-electron chi connectivity index (χ2n) is 7.72. The lowest BCUT2D eigenvalue weighted by Gasteiger charge is -2.18. The summed E-state index contributed by atoms with van der Waals surface area (Å²) in [6, 6.07) is 6.07. The normalized spacial score (nSPS) is 15.0. The molecule has 1 fully saturated rings. The van der Waals surface area contributed by atoms with Crippen molar-refractivity contribution in [2.24, 2.45) is 0 Å². The molecule has 0 radical (unpaired) electrons. The number of H-pyrrole nitrogens is 1. The van der Waals surface area contributed by atoms with Gasteiger partial charge in [0.05, 0.1) is 29.4 Å². The van der Waals surface area contributed by atoms with Crippen LogP contribution in [0.15, 0.2) is 30.3 Å². The molecule has 7 nitrogen and oxygen atoms in total. The first kappa shape index (κ1) is 21.8. The number of hydrogen-bond acceptors (Lipinski definition) is 5. The first-order chi connectivity index (χ1) is 15.3. The molecule has 1 amide bonds. The Balaban J connectivity index is 1.68. The number of aromatic amines is 1. The first-order valence-electron chi connectivity index (χ1n) is 10.2. The van der Waals surface area contributed by atoms with E-state index in [9.17, 15) is 22.8 Å². The number of carbonyl (C=O) groups is 2. The van der Waals surface area contributed by atoms with Crippen LogP contribution >= 0.6 is 0 Å². The molecule has 1 aliphatic carbocycles. The standard InChI is InChI=1S/C22H21F3N4O3/c1-32-21(31)13-10-16-17(28-19(27-16)12-6-3-2-4-7-12)11-15(13)29-20(30)14-8-5-9-18(26-14)22(23,24)25/h5,8-12H,2-4,6-7H2,1H3,(H,27,28)(H,29,30). The van der Waals surface area contributed by atoms with Gasteiger partial charge in [-0.25, -0.2) is 14.8 Å². The number of benzene rings is 1. The summed E-state index contributed by atoms with van der Waals surface area (Å²) in [6.07, 6.45) is 0.809. The Bertz CT molecular complexity index is 1170. The molecule has 3 aromatic rings. The number of methoxy groups -OCH3 is 1. The number of esters is 1. The molecule has 2 N–H and O–H groups in total. The number of carbonyl (C=O) groups excluding carboxylic acids is 2.